The highest BCUT2D eigenvalue weighted by Crippen LogP contribution is 2.36. The predicted molar refractivity (Wildman–Crippen MR) is 35.4 cm³/mol. The van der Waals surface area contributed by atoms with Gasteiger partial charge in [-0.05, 0) is 0 Å². The van der Waals surface area contributed by atoms with Crippen molar-refractivity contribution in [2.45, 2.75) is 36.6 Å². The first-order valence-corrected chi connectivity index (χ1v) is 3.46. The van der Waals surface area contributed by atoms with Gasteiger partial charge in [-0.1, -0.05) is 0 Å². The van der Waals surface area contributed by atoms with Gasteiger partial charge in [-0.15, -0.1) is 0 Å². The Balaban J connectivity index is 2.81. The van der Waals surface area contributed by atoms with Crippen molar-refractivity contribution in [1.82, 2.24) is 0 Å². The van der Waals surface area contributed by atoms with Gasteiger partial charge in [0.2, 0.25) is 0 Å². The summed E-state index contributed by atoms with van der Waals surface area (Å²) in [5.74, 6) is -7.36. The molecule has 0 amide bonds. The van der Waals surface area contributed by atoms with E-state index in [0.717, 1.165) is 0 Å². The molecule has 6 nitrogen and oxygen atoms in total. The van der Waals surface area contributed by atoms with E-state index in [1.165, 1.54) is 0 Å². The lowest BCUT2D eigenvalue weighted by Gasteiger charge is -2.42. The quantitative estimate of drug-likeness (QED) is 0.224. The second-order valence-electron chi connectivity index (χ2n) is 3.48. The second-order valence-corrected chi connectivity index (χ2v) is 3.48. The average molecular weight is 180 g/mol. The molecule has 72 valence electrons. The van der Waals surface area contributed by atoms with E-state index in [2.05, 4.69) is 0 Å². The summed E-state index contributed by atoms with van der Waals surface area (Å²) in [6.07, 6.45) is -2.16. The number of rotatable bonds is 0. The third kappa shape index (κ3) is 2.37. The smallest absolute Gasteiger partial charge is 0.172 e. The number of aliphatic hydroxyl groups is 6. The monoisotopic (exact) mass is 180 g/mol. The Morgan fingerprint density at radius 2 is 0.667 bits per heavy atom. The first-order chi connectivity index (χ1) is 5.12. The molecule has 0 bridgehead atoms. The van der Waals surface area contributed by atoms with Gasteiger partial charge in [0.05, 0.1) is 19.3 Å². The molecule has 6 heteroatoms. The summed E-state index contributed by atoms with van der Waals surface area (Å²) in [7, 11) is 0. The lowest BCUT2D eigenvalue weighted by molar-refractivity contribution is -0.355. The van der Waals surface area contributed by atoms with Crippen molar-refractivity contribution >= 4 is 0 Å². The Morgan fingerprint density at radius 3 is 0.833 bits per heavy atom. The van der Waals surface area contributed by atoms with Crippen LogP contribution in [0.1, 0.15) is 19.3 Å². The van der Waals surface area contributed by atoms with E-state index in [4.69, 9.17) is 30.6 Å². The molecule has 1 aliphatic rings. The minimum absolute atomic E-state index is 0.719. The Hall–Kier alpha value is -0.240. The summed E-state index contributed by atoms with van der Waals surface area (Å²) in [4.78, 5) is 0. The third-order valence-electron chi connectivity index (χ3n) is 1.70. The van der Waals surface area contributed by atoms with Gasteiger partial charge < -0.3 is 30.6 Å². The molecular weight excluding hydrogens is 168 g/mol. The Labute approximate surface area is 68.3 Å². The van der Waals surface area contributed by atoms with E-state index in [9.17, 15) is 0 Å². The Morgan fingerprint density at radius 1 is 0.500 bits per heavy atom. The molecule has 0 radical (unpaired) electrons. The summed E-state index contributed by atoms with van der Waals surface area (Å²) >= 11 is 0. The van der Waals surface area contributed by atoms with Gasteiger partial charge in [0.25, 0.3) is 0 Å². The highest BCUT2D eigenvalue weighted by molar-refractivity contribution is 4.90. The average Bonchev–Trinajstić information content (AvgIpc) is 1.44. The Kier molecular flexibility index (Phi) is 1.95. The van der Waals surface area contributed by atoms with E-state index >= 15 is 0 Å². The fourth-order valence-corrected chi connectivity index (χ4v) is 1.55. The van der Waals surface area contributed by atoms with Crippen molar-refractivity contribution < 1.29 is 30.6 Å². The largest absolute Gasteiger partial charge is 0.365 e. The molecule has 0 aromatic carbocycles. The SMILES string of the molecule is OC1(O)CC(O)(O)CC(O)(O)C1. The van der Waals surface area contributed by atoms with E-state index in [-0.39, 0.29) is 0 Å². The lowest BCUT2D eigenvalue weighted by Crippen LogP contribution is -2.56. The maximum Gasteiger partial charge on any atom is 0.172 e. The van der Waals surface area contributed by atoms with Gasteiger partial charge in [-0.25, -0.2) is 0 Å². The molecule has 0 unspecified atom stereocenters. The standard InChI is InChI=1S/C6H12O6/c7-4(8)1-5(9,10)3-6(11,12)2-4/h7-12H,1-3H2. The van der Waals surface area contributed by atoms with E-state index in [1.54, 1.807) is 0 Å². The molecule has 1 aliphatic carbocycles. The van der Waals surface area contributed by atoms with Gasteiger partial charge in [0.1, 0.15) is 0 Å². The number of hydrogen-bond acceptors (Lipinski definition) is 6. The fraction of sp³-hybridized carbons (Fsp3) is 1.00. The molecule has 0 aromatic heterocycles. The minimum Gasteiger partial charge on any atom is -0.365 e. The zero-order valence-corrected chi connectivity index (χ0v) is 6.30. The summed E-state index contributed by atoms with van der Waals surface area (Å²) < 4.78 is 0. The normalized spacial score (nSPS) is 31.5. The van der Waals surface area contributed by atoms with Gasteiger partial charge in [-0.2, -0.15) is 0 Å². The molecule has 1 fully saturated rings. The molecule has 0 saturated heterocycles. The highest BCUT2D eigenvalue weighted by atomic mass is 16.6. The molecule has 0 aliphatic heterocycles. The van der Waals surface area contributed by atoms with Crippen LogP contribution in [0.25, 0.3) is 0 Å². The number of hydrogen-bond donors (Lipinski definition) is 6. The van der Waals surface area contributed by atoms with Crippen molar-refractivity contribution in [3.8, 4) is 0 Å². The van der Waals surface area contributed by atoms with Crippen LogP contribution in [-0.4, -0.2) is 48.0 Å². The summed E-state index contributed by atoms with van der Waals surface area (Å²) in [5, 5.41) is 53.8. The zero-order chi connectivity index (χ0) is 9.62. The van der Waals surface area contributed by atoms with Gasteiger partial charge in [0, 0.05) is 0 Å². The van der Waals surface area contributed by atoms with Crippen molar-refractivity contribution in [3.05, 3.63) is 0 Å². The fourth-order valence-electron chi connectivity index (χ4n) is 1.55. The molecule has 0 spiro atoms. The van der Waals surface area contributed by atoms with Gasteiger partial charge >= 0.3 is 0 Å². The second kappa shape index (κ2) is 2.38. The molecule has 12 heavy (non-hydrogen) atoms. The van der Waals surface area contributed by atoms with Crippen molar-refractivity contribution in [2.24, 2.45) is 0 Å². The van der Waals surface area contributed by atoms with Crippen molar-refractivity contribution in [2.75, 3.05) is 0 Å². The van der Waals surface area contributed by atoms with E-state index in [0.29, 0.717) is 0 Å². The molecule has 6 N–H and O–H groups in total. The first kappa shape index (κ1) is 9.85. The van der Waals surface area contributed by atoms with Crippen LogP contribution in [0.3, 0.4) is 0 Å². The predicted octanol–water partition coefficient (Wildman–Crippen LogP) is -2.79. The van der Waals surface area contributed by atoms with Crippen LogP contribution in [0.15, 0.2) is 0 Å². The van der Waals surface area contributed by atoms with Crippen LogP contribution < -0.4 is 0 Å². The van der Waals surface area contributed by atoms with Gasteiger partial charge in [0.15, 0.2) is 17.4 Å². The Bertz CT molecular complexity index is 139. The van der Waals surface area contributed by atoms with Crippen molar-refractivity contribution in [1.29, 1.82) is 0 Å². The molecule has 0 heterocycles. The molecule has 1 saturated carbocycles. The molecule has 1 rings (SSSR count). The lowest BCUT2D eigenvalue weighted by atomic mass is 9.84. The topological polar surface area (TPSA) is 121 Å². The van der Waals surface area contributed by atoms with Crippen LogP contribution in [0.2, 0.25) is 0 Å². The van der Waals surface area contributed by atoms with Gasteiger partial charge in [-0.3, -0.25) is 0 Å². The maximum atomic E-state index is 8.96. The van der Waals surface area contributed by atoms with E-state index in [1.807, 2.05) is 0 Å². The highest BCUT2D eigenvalue weighted by Gasteiger charge is 2.51. The summed E-state index contributed by atoms with van der Waals surface area (Å²) in [5.41, 5.74) is 0. The molecule has 0 aromatic rings. The van der Waals surface area contributed by atoms with E-state index < -0.39 is 36.6 Å². The summed E-state index contributed by atoms with van der Waals surface area (Å²) in [6.45, 7) is 0. The van der Waals surface area contributed by atoms with Crippen LogP contribution in [0.4, 0.5) is 0 Å². The minimum atomic E-state index is -2.45. The third-order valence-corrected chi connectivity index (χ3v) is 1.70. The first-order valence-electron chi connectivity index (χ1n) is 3.46. The van der Waals surface area contributed by atoms with Crippen LogP contribution in [-0.2, 0) is 0 Å². The molecular formula is C6H12O6. The maximum absolute atomic E-state index is 8.96. The van der Waals surface area contributed by atoms with Crippen LogP contribution in [0, 0.1) is 0 Å². The zero-order valence-electron chi connectivity index (χ0n) is 6.30. The van der Waals surface area contributed by atoms with Crippen LogP contribution >= 0.6 is 0 Å². The van der Waals surface area contributed by atoms with Crippen LogP contribution in [0.5, 0.6) is 0 Å². The summed E-state index contributed by atoms with van der Waals surface area (Å²) in [6, 6.07) is 0. The van der Waals surface area contributed by atoms with Crippen molar-refractivity contribution in [3.63, 3.8) is 0 Å². The molecule has 0 atom stereocenters.